The molecule has 0 amide bonds. The maximum atomic E-state index is 3.79. The lowest BCUT2D eigenvalue weighted by molar-refractivity contribution is 0.196. The fourth-order valence-corrected chi connectivity index (χ4v) is 2.66. The molecule has 1 aliphatic rings. The van der Waals surface area contributed by atoms with Crippen molar-refractivity contribution in [3.8, 4) is 0 Å². The predicted octanol–water partition coefficient (Wildman–Crippen LogP) is 3.37. The Morgan fingerprint density at radius 1 is 1.36 bits per heavy atom. The molecule has 0 radical (unpaired) electrons. The largest absolute Gasteiger partial charge is 0.311 e. The number of rotatable bonds is 4. The lowest BCUT2D eigenvalue weighted by Crippen LogP contribution is -2.46. The lowest BCUT2D eigenvalue weighted by atomic mass is 9.78. The fraction of sp³-hybridized carbons (Fsp3) is 0.846. The molecule has 1 fully saturated rings. The standard InChI is InChI=1S/C13H25N/c1-5-7-12(4)14-13-10(2)8-6-9-11(13)3/h5,10-14H,1,6-9H2,2-4H3. The first-order chi connectivity index (χ1) is 6.65. The summed E-state index contributed by atoms with van der Waals surface area (Å²) in [5.41, 5.74) is 0. The van der Waals surface area contributed by atoms with Crippen molar-refractivity contribution in [3.05, 3.63) is 12.7 Å². The molecule has 82 valence electrons. The van der Waals surface area contributed by atoms with Crippen LogP contribution in [-0.2, 0) is 0 Å². The molecule has 1 N–H and O–H groups in total. The quantitative estimate of drug-likeness (QED) is 0.678. The van der Waals surface area contributed by atoms with E-state index in [1.165, 1.54) is 19.3 Å². The minimum absolute atomic E-state index is 0.584. The first kappa shape index (κ1) is 11.8. The van der Waals surface area contributed by atoms with Crippen molar-refractivity contribution in [2.75, 3.05) is 0 Å². The van der Waals surface area contributed by atoms with E-state index in [1.54, 1.807) is 0 Å². The summed E-state index contributed by atoms with van der Waals surface area (Å²) < 4.78 is 0. The molecule has 0 bridgehead atoms. The molecule has 0 saturated heterocycles. The van der Waals surface area contributed by atoms with E-state index in [2.05, 4.69) is 32.7 Å². The molecule has 1 heteroatoms. The molecule has 0 aromatic rings. The highest BCUT2D eigenvalue weighted by Crippen LogP contribution is 2.29. The van der Waals surface area contributed by atoms with E-state index < -0.39 is 0 Å². The van der Waals surface area contributed by atoms with E-state index >= 15 is 0 Å². The monoisotopic (exact) mass is 195 g/mol. The minimum atomic E-state index is 0.584. The van der Waals surface area contributed by atoms with E-state index in [1.807, 2.05) is 6.08 Å². The summed E-state index contributed by atoms with van der Waals surface area (Å²) in [7, 11) is 0. The highest BCUT2D eigenvalue weighted by atomic mass is 15.0. The number of hydrogen-bond donors (Lipinski definition) is 1. The molecule has 0 aromatic carbocycles. The van der Waals surface area contributed by atoms with Gasteiger partial charge in [0.25, 0.3) is 0 Å². The van der Waals surface area contributed by atoms with E-state index in [-0.39, 0.29) is 0 Å². The summed E-state index contributed by atoms with van der Waals surface area (Å²) in [5.74, 6) is 1.68. The molecule has 0 heterocycles. The molecule has 1 nitrogen and oxygen atoms in total. The van der Waals surface area contributed by atoms with Crippen LogP contribution in [0, 0.1) is 11.8 Å². The SMILES string of the molecule is C=CCC(C)NC1C(C)CCCC1C. The average molecular weight is 195 g/mol. The van der Waals surface area contributed by atoms with Gasteiger partial charge < -0.3 is 5.32 Å². The maximum absolute atomic E-state index is 3.79. The molecule has 1 aliphatic carbocycles. The van der Waals surface area contributed by atoms with Gasteiger partial charge in [-0.25, -0.2) is 0 Å². The summed E-state index contributed by atoms with van der Waals surface area (Å²) in [6, 6.07) is 1.30. The Morgan fingerprint density at radius 3 is 2.43 bits per heavy atom. The fourth-order valence-electron chi connectivity index (χ4n) is 2.66. The van der Waals surface area contributed by atoms with Crippen molar-refractivity contribution in [2.24, 2.45) is 11.8 Å². The molecular formula is C13H25N. The van der Waals surface area contributed by atoms with Crippen molar-refractivity contribution in [2.45, 2.75) is 58.5 Å². The van der Waals surface area contributed by atoms with Gasteiger partial charge in [0.1, 0.15) is 0 Å². The van der Waals surface area contributed by atoms with Crippen molar-refractivity contribution in [1.29, 1.82) is 0 Å². The van der Waals surface area contributed by atoms with Gasteiger partial charge in [0, 0.05) is 12.1 Å². The van der Waals surface area contributed by atoms with Crippen LogP contribution in [0.15, 0.2) is 12.7 Å². The van der Waals surface area contributed by atoms with E-state index in [0.717, 1.165) is 24.3 Å². The molecule has 1 rings (SSSR count). The van der Waals surface area contributed by atoms with E-state index in [0.29, 0.717) is 6.04 Å². The molecular weight excluding hydrogens is 170 g/mol. The molecule has 3 unspecified atom stereocenters. The van der Waals surface area contributed by atoms with Gasteiger partial charge in [0.2, 0.25) is 0 Å². The Kier molecular flexibility index (Phi) is 4.67. The zero-order valence-electron chi connectivity index (χ0n) is 9.92. The number of nitrogens with one attached hydrogen (secondary N) is 1. The first-order valence-corrected chi connectivity index (χ1v) is 6.02. The molecule has 0 aromatic heterocycles. The zero-order valence-corrected chi connectivity index (χ0v) is 9.92. The van der Waals surface area contributed by atoms with Gasteiger partial charge in [-0.2, -0.15) is 0 Å². The Morgan fingerprint density at radius 2 is 1.93 bits per heavy atom. The third kappa shape index (κ3) is 3.13. The second kappa shape index (κ2) is 5.55. The predicted molar refractivity (Wildman–Crippen MR) is 63.4 cm³/mol. The van der Waals surface area contributed by atoms with Crippen LogP contribution in [0.2, 0.25) is 0 Å². The summed E-state index contributed by atoms with van der Waals surface area (Å²) in [4.78, 5) is 0. The maximum Gasteiger partial charge on any atom is 0.0121 e. The van der Waals surface area contributed by atoms with Crippen LogP contribution in [0.4, 0.5) is 0 Å². The van der Waals surface area contributed by atoms with Crippen LogP contribution in [0.25, 0.3) is 0 Å². The average Bonchev–Trinajstić information content (AvgIpc) is 2.12. The molecule has 3 atom stereocenters. The van der Waals surface area contributed by atoms with Gasteiger partial charge in [-0.3, -0.25) is 0 Å². The topological polar surface area (TPSA) is 12.0 Å². The minimum Gasteiger partial charge on any atom is -0.311 e. The zero-order chi connectivity index (χ0) is 10.6. The van der Waals surface area contributed by atoms with Crippen LogP contribution in [0.3, 0.4) is 0 Å². The molecule has 14 heavy (non-hydrogen) atoms. The van der Waals surface area contributed by atoms with Gasteiger partial charge in [-0.05, 0) is 38.0 Å². The van der Waals surface area contributed by atoms with Crippen molar-refractivity contribution < 1.29 is 0 Å². The molecule has 0 aliphatic heterocycles. The van der Waals surface area contributed by atoms with Gasteiger partial charge in [-0.1, -0.05) is 26.3 Å². The Labute approximate surface area is 89.0 Å². The van der Waals surface area contributed by atoms with Crippen LogP contribution < -0.4 is 5.32 Å². The summed E-state index contributed by atoms with van der Waals surface area (Å²) in [6.07, 6.45) is 7.29. The lowest BCUT2D eigenvalue weighted by Gasteiger charge is -2.37. The Hall–Kier alpha value is -0.300. The molecule has 0 spiro atoms. The highest BCUT2D eigenvalue weighted by molar-refractivity contribution is 4.86. The number of hydrogen-bond acceptors (Lipinski definition) is 1. The normalized spacial score (nSPS) is 35.2. The first-order valence-electron chi connectivity index (χ1n) is 6.02. The van der Waals surface area contributed by atoms with Gasteiger partial charge in [0.15, 0.2) is 0 Å². The highest BCUT2D eigenvalue weighted by Gasteiger charge is 2.27. The van der Waals surface area contributed by atoms with Gasteiger partial charge in [0.05, 0.1) is 0 Å². The van der Waals surface area contributed by atoms with Crippen LogP contribution >= 0.6 is 0 Å². The smallest absolute Gasteiger partial charge is 0.0121 e. The Bertz CT molecular complexity index is 166. The summed E-state index contributed by atoms with van der Waals surface area (Å²) >= 11 is 0. The third-order valence-corrected chi connectivity index (χ3v) is 3.54. The third-order valence-electron chi connectivity index (χ3n) is 3.54. The van der Waals surface area contributed by atoms with Gasteiger partial charge >= 0.3 is 0 Å². The van der Waals surface area contributed by atoms with E-state index in [9.17, 15) is 0 Å². The van der Waals surface area contributed by atoms with E-state index in [4.69, 9.17) is 0 Å². The summed E-state index contributed by atoms with van der Waals surface area (Å²) in [5, 5.41) is 3.75. The molecule has 1 saturated carbocycles. The van der Waals surface area contributed by atoms with Gasteiger partial charge in [-0.15, -0.1) is 6.58 Å². The second-order valence-corrected chi connectivity index (χ2v) is 5.00. The Balaban J connectivity index is 2.42. The van der Waals surface area contributed by atoms with Crippen molar-refractivity contribution >= 4 is 0 Å². The summed E-state index contributed by atoms with van der Waals surface area (Å²) in [6.45, 7) is 10.8. The van der Waals surface area contributed by atoms with Crippen LogP contribution in [0.5, 0.6) is 0 Å². The van der Waals surface area contributed by atoms with Crippen LogP contribution in [-0.4, -0.2) is 12.1 Å². The van der Waals surface area contributed by atoms with Crippen LogP contribution in [0.1, 0.15) is 46.5 Å². The van der Waals surface area contributed by atoms with Crippen molar-refractivity contribution in [1.82, 2.24) is 5.32 Å². The second-order valence-electron chi connectivity index (χ2n) is 5.00. The van der Waals surface area contributed by atoms with Crippen molar-refractivity contribution in [3.63, 3.8) is 0 Å².